The first-order chi connectivity index (χ1) is 11.8. The minimum atomic E-state index is -4.61. The van der Waals surface area contributed by atoms with Gasteiger partial charge in [0.05, 0.1) is 10.6 Å². The molecular weight excluding hydrogens is 375 g/mol. The van der Waals surface area contributed by atoms with Crippen LogP contribution in [0.3, 0.4) is 0 Å². The van der Waals surface area contributed by atoms with Gasteiger partial charge in [-0.1, -0.05) is 11.6 Å². The Labute approximate surface area is 149 Å². The van der Waals surface area contributed by atoms with Gasteiger partial charge in [-0.15, -0.1) is 11.3 Å². The Kier molecular flexibility index (Phi) is 4.73. The van der Waals surface area contributed by atoms with Crippen molar-refractivity contribution < 1.29 is 18.0 Å². The summed E-state index contributed by atoms with van der Waals surface area (Å²) in [5, 5.41) is 4.08. The van der Waals surface area contributed by atoms with Crippen LogP contribution in [0.4, 0.5) is 18.9 Å². The molecule has 2 heterocycles. The number of carbonyl (C=O) groups excluding carboxylic acids is 1. The Morgan fingerprint density at radius 1 is 1.24 bits per heavy atom. The number of alkyl halides is 3. The van der Waals surface area contributed by atoms with E-state index in [1.807, 2.05) is 0 Å². The first-order valence-electron chi connectivity index (χ1n) is 6.88. The minimum Gasteiger partial charge on any atom is -0.321 e. The third-order valence-corrected chi connectivity index (χ3v) is 4.40. The second-order valence-corrected chi connectivity index (χ2v) is 6.19. The molecule has 4 nitrogen and oxygen atoms in total. The van der Waals surface area contributed by atoms with Crippen LogP contribution in [0.15, 0.2) is 48.1 Å². The number of amides is 1. The molecule has 0 saturated heterocycles. The molecule has 3 aromatic rings. The summed E-state index contributed by atoms with van der Waals surface area (Å²) in [5.41, 5.74) is -0.177. The summed E-state index contributed by atoms with van der Waals surface area (Å²) < 4.78 is 38.6. The molecule has 1 amide bonds. The number of hydrogen-bond acceptors (Lipinski definition) is 4. The topological polar surface area (TPSA) is 54.9 Å². The van der Waals surface area contributed by atoms with Crippen LogP contribution in [-0.4, -0.2) is 15.9 Å². The normalized spacial score (nSPS) is 11.4. The second-order valence-electron chi connectivity index (χ2n) is 4.93. The number of aromatic nitrogens is 2. The van der Waals surface area contributed by atoms with Crippen molar-refractivity contribution in [2.45, 2.75) is 6.18 Å². The van der Waals surface area contributed by atoms with E-state index in [0.717, 1.165) is 17.7 Å². The lowest BCUT2D eigenvalue weighted by Crippen LogP contribution is -2.13. The van der Waals surface area contributed by atoms with Gasteiger partial charge < -0.3 is 5.32 Å². The van der Waals surface area contributed by atoms with Crippen LogP contribution in [0.5, 0.6) is 0 Å². The highest BCUT2D eigenvalue weighted by Gasteiger charge is 2.33. The van der Waals surface area contributed by atoms with Crippen LogP contribution >= 0.6 is 22.9 Å². The first kappa shape index (κ1) is 17.4. The molecule has 0 atom stereocenters. The Hall–Kier alpha value is -2.45. The van der Waals surface area contributed by atoms with Crippen LogP contribution < -0.4 is 5.32 Å². The van der Waals surface area contributed by atoms with Gasteiger partial charge in [-0.25, -0.2) is 4.98 Å². The molecule has 0 aliphatic carbocycles. The Morgan fingerprint density at radius 2 is 2.04 bits per heavy atom. The molecule has 128 valence electrons. The molecule has 0 bridgehead atoms. The quantitative estimate of drug-likeness (QED) is 0.682. The molecule has 0 saturated carbocycles. The number of anilines is 1. The maximum absolute atomic E-state index is 12.9. The monoisotopic (exact) mass is 383 g/mol. The molecule has 0 radical (unpaired) electrons. The van der Waals surface area contributed by atoms with Crippen molar-refractivity contribution in [2.24, 2.45) is 0 Å². The maximum Gasteiger partial charge on any atom is 0.417 e. The minimum absolute atomic E-state index is 0.0161. The Balaban J connectivity index is 1.81. The number of halogens is 4. The van der Waals surface area contributed by atoms with E-state index < -0.39 is 22.7 Å². The van der Waals surface area contributed by atoms with E-state index in [-0.39, 0.29) is 11.4 Å². The van der Waals surface area contributed by atoms with Gasteiger partial charge in [0.25, 0.3) is 5.91 Å². The van der Waals surface area contributed by atoms with Gasteiger partial charge in [0.1, 0.15) is 10.7 Å². The number of hydrogen-bond donors (Lipinski definition) is 1. The number of nitrogens with one attached hydrogen (secondary N) is 1. The van der Waals surface area contributed by atoms with E-state index in [0.29, 0.717) is 5.01 Å². The number of benzene rings is 1. The highest BCUT2D eigenvalue weighted by molar-refractivity contribution is 7.13. The van der Waals surface area contributed by atoms with Crippen molar-refractivity contribution in [2.75, 3.05) is 5.32 Å². The molecule has 0 fully saturated rings. The zero-order valence-corrected chi connectivity index (χ0v) is 13.9. The number of thiazole rings is 1. The second kappa shape index (κ2) is 6.81. The lowest BCUT2D eigenvalue weighted by Gasteiger charge is -2.11. The summed E-state index contributed by atoms with van der Waals surface area (Å²) in [4.78, 5) is 20.4. The molecule has 25 heavy (non-hydrogen) atoms. The van der Waals surface area contributed by atoms with E-state index in [1.54, 1.807) is 24.5 Å². The van der Waals surface area contributed by atoms with E-state index in [9.17, 15) is 18.0 Å². The smallest absolute Gasteiger partial charge is 0.321 e. The summed E-state index contributed by atoms with van der Waals surface area (Å²) in [7, 11) is 0. The summed E-state index contributed by atoms with van der Waals surface area (Å²) in [6.07, 6.45) is -1.38. The molecule has 3 rings (SSSR count). The number of nitrogens with zero attached hydrogens (tertiary/aromatic N) is 2. The summed E-state index contributed by atoms with van der Waals surface area (Å²) in [6, 6.07) is 6.70. The fourth-order valence-electron chi connectivity index (χ4n) is 2.02. The van der Waals surface area contributed by atoms with E-state index >= 15 is 0 Å². The fourth-order valence-corrected chi connectivity index (χ4v) is 3.03. The van der Waals surface area contributed by atoms with Crippen LogP contribution in [0.25, 0.3) is 10.6 Å². The number of carbonyl (C=O) groups is 1. The van der Waals surface area contributed by atoms with Gasteiger partial charge in [-0.3, -0.25) is 9.78 Å². The molecule has 1 aromatic carbocycles. The molecule has 2 aromatic heterocycles. The zero-order valence-electron chi connectivity index (χ0n) is 12.3. The predicted molar refractivity (Wildman–Crippen MR) is 89.8 cm³/mol. The SMILES string of the molecule is O=C(Nc1ccc(Cl)c(C(F)(F)F)c1)c1csc(-c2cccnc2)n1. The van der Waals surface area contributed by atoms with Gasteiger partial charge in [0.2, 0.25) is 0 Å². The predicted octanol–water partition coefficient (Wildman–Crippen LogP) is 5.13. The van der Waals surface area contributed by atoms with Crippen molar-refractivity contribution in [1.82, 2.24) is 9.97 Å². The standard InChI is InChI=1S/C16H9ClF3N3OS/c17-12-4-3-10(6-11(12)16(18,19)20)22-14(24)13-8-25-15(23-13)9-2-1-5-21-7-9/h1-8H,(H,22,24). The highest BCUT2D eigenvalue weighted by atomic mass is 35.5. The first-order valence-corrected chi connectivity index (χ1v) is 8.14. The molecule has 0 aliphatic rings. The van der Waals surface area contributed by atoms with Gasteiger partial charge in [-0.2, -0.15) is 13.2 Å². The van der Waals surface area contributed by atoms with Crippen LogP contribution in [-0.2, 0) is 6.18 Å². The third-order valence-electron chi connectivity index (χ3n) is 3.17. The van der Waals surface area contributed by atoms with Crippen molar-refractivity contribution in [1.29, 1.82) is 0 Å². The van der Waals surface area contributed by atoms with Crippen molar-refractivity contribution in [3.05, 3.63) is 64.4 Å². The Bertz CT molecular complexity index is 912. The Morgan fingerprint density at radius 3 is 2.72 bits per heavy atom. The van der Waals surface area contributed by atoms with Gasteiger partial charge in [-0.05, 0) is 30.3 Å². The van der Waals surface area contributed by atoms with Gasteiger partial charge >= 0.3 is 6.18 Å². The average molecular weight is 384 g/mol. The highest BCUT2D eigenvalue weighted by Crippen LogP contribution is 2.36. The van der Waals surface area contributed by atoms with Crippen molar-refractivity contribution in [3.8, 4) is 10.6 Å². The fraction of sp³-hybridized carbons (Fsp3) is 0.0625. The zero-order chi connectivity index (χ0) is 18.0. The van der Waals surface area contributed by atoms with Crippen molar-refractivity contribution in [3.63, 3.8) is 0 Å². The molecular formula is C16H9ClF3N3OS. The number of pyridine rings is 1. The summed E-state index contributed by atoms with van der Waals surface area (Å²) in [5.74, 6) is -0.609. The maximum atomic E-state index is 12.9. The van der Waals surface area contributed by atoms with E-state index in [4.69, 9.17) is 11.6 Å². The van der Waals surface area contributed by atoms with Gasteiger partial charge in [0, 0.05) is 29.0 Å². The van der Waals surface area contributed by atoms with Crippen LogP contribution in [0.1, 0.15) is 16.1 Å². The van der Waals surface area contributed by atoms with Crippen LogP contribution in [0, 0.1) is 0 Å². The van der Waals surface area contributed by atoms with Crippen molar-refractivity contribution >= 4 is 34.5 Å². The molecule has 0 unspecified atom stereocenters. The summed E-state index contributed by atoms with van der Waals surface area (Å²) >= 11 is 6.79. The molecule has 0 aliphatic heterocycles. The van der Waals surface area contributed by atoms with Gasteiger partial charge in [0.15, 0.2) is 0 Å². The third kappa shape index (κ3) is 3.97. The van der Waals surface area contributed by atoms with Crippen LogP contribution in [0.2, 0.25) is 5.02 Å². The summed E-state index contributed by atoms with van der Waals surface area (Å²) in [6.45, 7) is 0. The lowest BCUT2D eigenvalue weighted by molar-refractivity contribution is -0.137. The molecule has 9 heteroatoms. The number of rotatable bonds is 3. The van der Waals surface area contributed by atoms with E-state index in [1.165, 1.54) is 22.8 Å². The molecule has 1 N–H and O–H groups in total. The molecule has 0 spiro atoms. The van der Waals surface area contributed by atoms with E-state index in [2.05, 4.69) is 15.3 Å². The average Bonchev–Trinajstić information content (AvgIpc) is 3.06. The lowest BCUT2D eigenvalue weighted by atomic mass is 10.2. The largest absolute Gasteiger partial charge is 0.417 e.